The summed E-state index contributed by atoms with van der Waals surface area (Å²) in [5, 5.41) is 21.8. The van der Waals surface area contributed by atoms with Gasteiger partial charge >= 0.3 is 18.0 Å². The van der Waals surface area contributed by atoms with E-state index in [2.05, 4.69) is 21.3 Å². The van der Waals surface area contributed by atoms with Crippen molar-refractivity contribution in [3.8, 4) is 0 Å². The zero-order valence-electron chi connectivity index (χ0n) is 35.9. The lowest BCUT2D eigenvalue weighted by atomic mass is 9.84. The molecule has 326 valence electrons. The van der Waals surface area contributed by atoms with E-state index in [1.165, 1.54) is 0 Å². The van der Waals surface area contributed by atoms with Crippen molar-refractivity contribution in [3.05, 3.63) is 70.8 Å². The summed E-state index contributed by atoms with van der Waals surface area (Å²) in [6, 6.07) is 15.8. The normalized spacial score (nSPS) is 20.1. The fourth-order valence-electron chi connectivity index (χ4n) is 7.84. The van der Waals surface area contributed by atoms with Crippen molar-refractivity contribution >= 4 is 29.8 Å². The van der Waals surface area contributed by atoms with Crippen LogP contribution in [-0.2, 0) is 36.9 Å². The van der Waals surface area contributed by atoms with Gasteiger partial charge in [0.25, 0.3) is 0 Å². The number of benzene rings is 2. The van der Waals surface area contributed by atoms with Crippen molar-refractivity contribution in [2.24, 2.45) is 11.8 Å². The van der Waals surface area contributed by atoms with Gasteiger partial charge in [-0.05, 0) is 83.8 Å². The summed E-state index contributed by atoms with van der Waals surface area (Å²) in [7, 11) is 0. The third-order valence-electron chi connectivity index (χ3n) is 11.6. The van der Waals surface area contributed by atoms with E-state index in [-0.39, 0.29) is 55.0 Å². The third kappa shape index (κ3) is 14.8. The molecule has 5 atom stereocenters. The second-order valence-electron chi connectivity index (χ2n) is 16.1. The fraction of sp³-hybridized carbons (Fsp3) is 0.622. The first-order chi connectivity index (χ1) is 28.4. The van der Waals surface area contributed by atoms with E-state index in [1.54, 1.807) is 16.7 Å². The van der Waals surface area contributed by atoms with Crippen molar-refractivity contribution in [1.82, 2.24) is 31.1 Å². The number of hydrogen-bond acceptors (Lipinski definition) is 7. The Morgan fingerprint density at radius 3 is 1.51 bits per heavy atom. The minimum Gasteiger partial charge on any atom is -0.479 e. The predicted molar refractivity (Wildman–Crippen MR) is 227 cm³/mol. The van der Waals surface area contributed by atoms with Crippen LogP contribution in [0.5, 0.6) is 0 Å². The van der Waals surface area contributed by atoms with Gasteiger partial charge in [-0.15, -0.1) is 0 Å². The van der Waals surface area contributed by atoms with E-state index in [0.717, 1.165) is 47.9 Å². The minimum atomic E-state index is -1.67. The molecule has 14 heteroatoms. The maximum atomic E-state index is 13.7. The number of carboxylic acids is 1. The topological polar surface area (TPSA) is 179 Å². The maximum absolute atomic E-state index is 13.7. The number of nitrogens with one attached hydrogen (secondary N) is 4. The van der Waals surface area contributed by atoms with Crippen molar-refractivity contribution < 1.29 is 38.6 Å². The molecule has 2 aromatic rings. The van der Waals surface area contributed by atoms with Gasteiger partial charge in [-0.2, -0.15) is 0 Å². The fourth-order valence-corrected chi connectivity index (χ4v) is 7.84. The number of carbonyl (C=O) groups excluding carboxylic acids is 4. The number of urea groups is 2. The van der Waals surface area contributed by atoms with Crippen LogP contribution in [0.4, 0.5) is 9.59 Å². The first kappa shape index (κ1) is 47.0. The first-order valence-corrected chi connectivity index (χ1v) is 21.6. The van der Waals surface area contributed by atoms with Crippen LogP contribution < -0.4 is 21.3 Å². The van der Waals surface area contributed by atoms with Crippen LogP contribution in [0.25, 0.3) is 0 Å². The number of hydrogen-bond donors (Lipinski definition) is 5. The molecule has 0 aromatic heterocycles. The molecule has 1 unspecified atom stereocenters. The summed E-state index contributed by atoms with van der Waals surface area (Å²) in [5.74, 6) is -2.64. The van der Waals surface area contributed by atoms with Gasteiger partial charge in [0, 0.05) is 51.1 Å². The van der Waals surface area contributed by atoms with Gasteiger partial charge in [0.15, 0.2) is 5.54 Å². The molecule has 59 heavy (non-hydrogen) atoms. The van der Waals surface area contributed by atoms with Crippen LogP contribution >= 0.6 is 0 Å². The Kier molecular flexibility index (Phi) is 18.9. The van der Waals surface area contributed by atoms with Gasteiger partial charge in [0.2, 0.25) is 11.8 Å². The van der Waals surface area contributed by atoms with Crippen molar-refractivity contribution in [2.45, 2.75) is 123 Å². The number of carboxylic acid groups (broad SMARTS) is 1. The van der Waals surface area contributed by atoms with E-state index in [9.17, 15) is 29.1 Å². The Bertz CT molecular complexity index is 1660. The highest BCUT2D eigenvalue weighted by molar-refractivity contribution is 5.89. The minimum absolute atomic E-state index is 0.0821. The number of aliphatic carboxylic acids is 1. The summed E-state index contributed by atoms with van der Waals surface area (Å²) in [5.41, 5.74) is 2.66. The molecule has 6 amide bonds. The van der Waals surface area contributed by atoms with Crippen LogP contribution in [0.1, 0.15) is 101 Å². The maximum Gasteiger partial charge on any atom is 0.331 e. The van der Waals surface area contributed by atoms with Gasteiger partial charge in [0.1, 0.15) is 0 Å². The van der Waals surface area contributed by atoms with E-state index in [1.807, 2.05) is 76.2 Å². The van der Waals surface area contributed by atoms with Gasteiger partial charge in [-0.25, -0.2) is 14.4 Å². The van der Waals surface area contributed by atoms with Crippen molar-refractivity contribution in [1.29, 1.82) is 0 Å². The lowest BCUT2D eigenvalue weighted by Gasteiger charge is -2.35. The molecule has 0 aliphatic heterocycles. The van der Waals surface area contributed by atoms with Crippen LogP contribution in [0.2, 0.25) is 0 Å². The van der Waals surface area contributed by atoms with E-state index in [4.69, 9.17) is 9.47 Å². The van der Waals surface area contributed by atoms with Gasteiger partial charge in [-0.3, -0.25) is 9.59 Å². The Morgan fingerprint density at radius 1 is 0.661 bits per heavy atom. The van der Waals surface area contributed by atoms with Gasteiger partial charge in [0.05, 0.1) is 32.0 Å². The van der Waals surface area contributed by atoms with E-state index >= 15 is 0 Å². The lowest BCUT2D eigenvalue weighted by molar-refractivity contribution is -0.149. The zero-order valence-corrected chi connectivity index (χ0v) is 35.9. The molecule has 0 spiro atoms. The molecule has 0 radical (unpaired) electrons. The number of nitrogens with zero attached hydrogens (tertiary/aromatic N) is 2. The van der Waals surface area contributed by atoms with Crippen LogP contribution in [0.15, 0.2) is 48.5 Å². The molecule has 2 saturated carbocycles. The molecule has 2 aromatic carbocycles. The van der Waals surface area contributed by atoms with E-state index in [0.29, 0.717) is 78.2 Å². The highest BCUT2D eigenvalue weighted by atomic mass is 16.5. The zero-order chi connectivity index (χ0) is 42.8. The van der Waals surface area contributed by atoms with E-state index < -0.39 is 17.4 Å². The van der Waals surface area contributed by atoms with Crippen LogP contribution in [0.3, 0.4) is 0 Å². The third-order valence-corrected chi connectivity index (χ3v) is 11.6. The second-order valence-corrected chi connectivity index (χ2v) is 16.1. The van der Waals surface area contributed by atoms with Crippen molar-refractivity contribution in [2.75, 3.05) is 45.9 Å². The largest absolute Gasteiger partial charge is 0.479 e. The number of ether oxygens (including phenoxy) is 2. The summed E-state index contributed by atoms with van der Waals surface area (Å²) in [6.07, 6.45) is 4.97. The molecular weight excluding hydrogens is 753 g/mol. The molecule has 0 saturated heterocycles. The molecule has 2 aliphatic rings. The summed E-state index contributed by atoms with van der Waals surface area (Å²) >= 11 is 0. The first-order valence-electron chi connectivity index (χ1n) is 21.6. The summed E-state index contributed by atoms with van der Waals surface area (Å²) in [6.45, 7) is 12.6. The highest BCUT2D eigenvalue weighted by Gasteiger charge is 2.42. The standard InChI is InChI=1S/C45H68N6O8/c1-6-45(42(54)55,49-41(53)37-12-10-14-39(28-37)59-26-24-51(44(57)47-8-3)30-35-21-17-33(5)18-22-35)31-48-40(52)36-11-9-13-38(27-36)58-25-23-50(43(56)46-7-2)29-34-19-15-32(4)16-20-34/h15-22,36-39H,6-14,23-31H2,1-5H3,(H,46,56)(H,47,57)(H,48,52)(H,49,53)(H,54,55)/t36-,37-,38+,39+,45?/m1/s1. The Morgan fingerprint density at radius 2 is 1.10 bits per heavy atom. The molecule has 2 fully saturated rings. The predicted octanol–water partition coefficient (Wildman–Crippen LogP) is 5.68. The molecule has 0 bridgehead atoms. The number of carbonyl (C=O) groups is 5. The second kappa shape index (κ2) is 23.8. The Balaban J connectivity index is 1.25. The molecule has 5 N–H and O–H groups in total. The Hall–Kier alpha value is -4.69. The molecule has 14 nitrogen and oxygen atoms in total. The number of aryl methyl sites for hydroxylation is 2. The SMILES string of the molecule is CCNC(=O)N(CCO[C@H]1CCC[C@@H](C(=O)NCC(CC)(NC(=O)[C@@H]2CCC[C@H](OCCN(Cc3ccc(C)cc3)C(=O)NCC)C2)C(=O)O)C1)Cc1ccc(C)cc1. The van der Waals surface area contributed by atoms with Crippen LogP contribution in [0, 0.1) is 25.7 Å². The average Bonchev–Trinajstić information content (AvgIpc) is 3.23. The van der Waals surface area contributed by atoms with Crippen LogP contribution in [-0.4, -0.2) is 108 Å². The highest BCUT2D eigenvalue weighted by Crippen LogP contribution is 2.29. The molecular formula is C45H68N6O8. The van der Waals surface area contributed by atoms with Gasteiger partial charge in [-0.1, -0.05) is 79.4 Å². The van der Waals surface area contributed by atoms with Crippen molar-refractivity contribution in [3.63, 3.8) is 0 Å². The summed E-state index contributed by atoms with van der Waals surface area (Å²) in [4.78, 5) is 69.0. The molecule has 0 heterocycles. The monoisotopic (exact) mass is 821 g/mol. The smallest absolute Gasteiger partial charge is 0.331 e. The quantitative estimate of drug-likeness (QED) is 0.107. The Labute approximate surface area is 350 Å². The lowest BCUT2D eigenvalue weighted by Crippen LogP contribution is -2.62. The average molecular weight is 821 g/mol. The van der Waals surface area contributed by atoms with Gasteiger partial charge < -0.3 is 45.6 Å². The number of amides is 6. The molecule has 4 rings (SSSR count). The molecule has 2 aliphatic carbocycles. The summed E-state index contributed by atoms with van der Waals surface area (Å²) < 4.78 is 12.4. The number of rotatable bonds is 21.